The second-order valence-electron chi connectivity index (χ2n) is 5.16. The van der Waals surface area contributed by atoms with Crippen LogP contribution in [0.2, 0.25) is 0 Å². The second kappa shape index (κ2) is 5.48. The van der Waals surface area contributed by atoms with Crippen molar-refractivity contribution >= 4 is 17.6 Å². The summed E-state index contributed by atoms with van der Waals surface area (Å²) in [7, 11) is 0. The molecule has 0 aliphatic carbocycles. The summed E-state index contributed by atoms with van der Waals surface area (Å²) in [6.45, 7) is 1.99. The normalized spacial score (nSPS) is 14.8. The molecule has 1 aromatic carbocycles. The summed E-state index contributed by atoms with van der Waals surface area (Å²) in [5.41, 5.74) is 1.91. The first-order valence-electron chi connectivity index (χ1n) is 6.87. The second-order valence-corrected chi connectivity index (χ2v) is 5.16. The summed E-state index contributed by atoms with van der Waals surface area (Å²) in [5.74, 6) is -0.170. The van der Waals surface area contributed by atoms with Gasteiger partial charge in [0.2, 0.25) is 0 Å². The number of carbonyl (C=O) groups excluding carboxylic acids is 2. The molecule has 3 amide bonds. The van der Waals surface area contributed by atoms with Crippen LogP contribution in [-0.4, -0.2) is 33.5 Å². The molecule has 22 heavy (non-hydrogen) atoms. The minimum absolute atomic E-state index is 0.00503. The lowest BCUT2D eigenvalue weighted by atomic mass is 10.2. The number of carbonyl (C=O) groups is 2. The minimum atomic E-state index is -0.387. The Labute approximate surface area is 127 Å². The molecule has 6 nitrogen and oxygen atoms in total. The molecule has 2 heterocycles. The fourth-order valence-electron chi connectivity index (χ4n) is 2.48. The number of imide groups is 1. The average molecular weight is 297 g/mol. The maximum atomic E-state index is 12.5. The number of urea groups is 1. The number of phenolic OH excluding ortho intramolecular Hbond substituents is 1. The first-order valence-corrected chi connectivity index (χ1v) is 6.87. The van der Waals surface area contributed by atoms with Crippen molar-refractivity contribution in [3.63, 3.8) is 0 Å². The molecule has 0 saturated carbocycles. The Hall–Kier alpha value is -2.89. The maximum Gasteiger partial charge on any atom is 0.332 e. The van der Waals surface area contributed by atoms with E-state index in [1.165, 1.54) is 4.90 Å². The fourth-order valence-corrected chi connectivity index (χ4v) is 2.48. The Kier molecular flexibility index (Phi) is 3.50. The van der Waals surface area contributed by atoms with Crippen LogP contribution in [0, 0.1) is 6.92 Å². The number of nitrogens with zero attached hydrogens (tertiary/aromatic N) is 3. The van der Waals surface area contributed by atoms with Crippen LogP contribution in [0.1, 0.15) is 11.1 Å². The van der Waals surface area contributed by atoms with E-state index in [1.54, 1.807) is 49.6 Å². The van der Waals surface area contributed by atoms with Crippen LogP contribution < -0.4 is 4.90 Å². The third kappa shape index (κ3) is 2.39. The molecule has 1 aromatic heterocycles. The van der Waals surface area contributed by atoms with Gasteiger partial charge in [-0.25, -0.2) is 9.69 Å². The number of phenols is 1. The molecule has 0 atom stereocenters. The molecule has 1 fully saturated rings. The van der Waals surface area contributed by atoms with Crippen molar-refractivity contribution in [3.8, 4) is 5.75 Å². The lowest BCUT2D eigenvalue weighted by Crippen LogP contribution is -2.33. The summed E-state index contributed by atoms with van der Waals surface area (Å²) in [6, 6.07) is 8.04. The molecule has 112 valence electrons. The van der Waals surface area contributed by atoms with Gasteiger partial charge in [-0.1, -0.05) is 18.2 Å². The van der Waals surface area contributed by atoms with E-state index in [4.69, 9.17) is 0 Å². The van der Waals surface area contributed by atoms with E-state index in [-0.39, 0.29) is 30.8 Å². The van der Waals surface area contributed by atoms with Gasteiger partial charge in [0.25, 0.3) is 5.91 Å². The molecule has 0 bridgehead atoms. The van der Waals surface area contributed by atoms with Gasteiger partial charge < -0.3 is 10.0 Å². The van der Waals surface area contributed by atoms with Crippen LogP contribution in [0.3, 0.4) is 0 Å². The van der Waals surface area contributed by atoms with E-state index in [0.29, 0.717) is 11.3 Å². The van der Waals surface area contributed by atoms with Gasteiger partial charge in [-0.05, 0) is 24.6 Å². The molecule has 6 heteroatoms. The summed E-state index contributed by atoms with van der Waals surface area (Å²) in [6.07, 6.45) is 3.16. The molecule has 0 radical (unpaired) electrons. The lowest BCUT2D eigenvalue weighted by Gasteiger charge is -2.18. The van der Waals surface area contributed by atoms with Crippen molar-refractivity contribution in [1.29, 1.82) is 0 Å². The van der Waals surface area contributed by atoms with Gasteiger partial charge in [0.15, 0.2) is 0 Å². The molecule has 1 saturated heterocycles. The largest absolute Gasteiger partial charge is 0.508 e. The topological polar surface area (TPSA) is 73.7 Å². The van der Waals surface area contributed by atoms with Crippen molar-refractivity contribution in [2.24, 2.45) is 0 Å². The van der Waals surface area contributed by atoms with E-state index in [1.807, 2.05) is 0 Å². The number of aryl methyl sites for hydroxylation is 1. The van der Waals surface area contributed by atoms with E-state index in [0.717, 1.165) is 10.5 Å². The lowest BCUT2D eigenvalue weighted by molar-refractivity contribution is -0.116. The third-order valence-corrected chi connectivity index (χ3v) is 3.62. The number of para-hydroxylation sites is 1. The minimum Gasteiger partial charge on any atom is -0.508 e. The predicted molar refractivity (Wildman–Crippen MR) is 80.4 cm³/mol. The van der Waals surface area contributed by atoms with Crippen LogP contribution >= 0.6 is 0 Å². The Balaban J connectivity index is 1.86. The van der Waals surface area contributed by atoms with Gasteiger partial charge in [0.1, 0.15) is 12.3 Å². The number of aromatic hydroxyl groups is 1. The number of rotatable bonds is 3. The van der Waals surface area contributed by atoms with Crippen LogP contribution in [0.15, 0.2) is 42.7 Å². The molecule has 1 N–H and O–H groups in total. The molecule has 1 aliphatic rings. The Morgan fingerprint density at radius 3 is 2.73 bits per heavy atom. The number of hydrogen-bond acceptors (Lipinski definition) is 4. The molecule has 0 spiro atoms. The van der Waals surface area contributed by atoms with E-state index in [9.17, 15) is 14.7 Å². The zero-order valence-corrected chi connectivity index (χ0v) is 12.1. The first kappa shape index (κ1) is 14.1. The summed E-state index contributed by atoms with van der Waals surface area (Å²) in [4.78, 5) is 31.3. The number of hydrogen-bond donors (Lipinski definition) is 1. The quantitative estimate of drug-likeness (QED) is 0.880. The van der Waals surface area contributed by atoms with Gasteiger partial charge >= 0.3 is 6.03 Å². The zero-order valence-electron chi connectivity index (χ0n) is 12.1. The highest BCUT2D eigenvalue weighted by Gasteiger charge is 2.37. The Morgan fingerprint density at radius 2 is 2.00 bits per heavy atom. The Bertz CT molecular complexity index is 745. The van der Waals surface area contributed by atoms with Gasteiger partial charge in [-0.15, -0.1) is 0 Å². The van der Waals surface area contributed by atoms with E-state index in [2.05, 4.69) is 4.98 Å². The van der Waals surface area contributed by atoms with Gasteiger partial charge in [-0.2, -0.15) is 0 Å². The van der Waals surface area contributed by atoms with Crippen LogP contribution in [0.25, 0.3) is 0 Å². The third-order valence-electron chi connectivity index (χ3n) is 3.62. The molecular weight excluding hydrogens is 282 g/mol. The number of pyridine rings is 1. The number of aromatic nitrogens is 1. The summed E-state index contributed by atoms with van der Waals surface area (Å²) < 4.78 is 0. The molecule has 0 unspecified atom stereocenters. The van der Waals surface area contributed by atoms with Crippen molar-refractivity contribution in [1.82, 2.24) is 9.88 Å². The van der Waals surface area contributed by atoms with Gasteiger partial charge in [0.05, 0.1) is 12.2 Å². The van der Waals surface area contributed by atoms with Crippen LogP contribution in [0.4, 0.5) is 10.5 Å². The summed E-state index contributed by atoms with van der Waals surface area (Å²) in [5, 5.41) is 9.81. The number of benzene rings is 1. The van der Waals surface area contributed by atoms with Gasteiger partial charge in [0, 0.05) is 18.0 Å². The van der Waals surface area contributed by atoms with Crippen molar-refractivity contribution < 1.29 is 14.7 Å². The average Bonchev–Trinajstić information content (AvgIpc) is 2.77. The zero-order chi connectivity index (χ0) is 15.7. The smallest absolute Gasteiger partial charge is 0.332 e. The molecule has 3 rings (SSSR count). The van der Waals surface area contributed by atoms with Crippen molar-refractivity contribution in [2.75, 3.05) is 11.4 Å². The monoisotopic (exact) mass is 297 g/mol. The molecule has 2 aromatic rings. The van der Waals surface area contributed by atoms with E-state index < -0.39 is 0 Å². The predicted octanol–water partition coefficient (Wildman–Crippen LogP) is 2.06. The molecular formula is C16H15N3O3. The van der Waals surface area contributed by atoms with Gasteiger partial charge in [-0.3, -0.25) is 9.78 Å². The number of anilines is 1. The van der Waals surface area contributed by atoms with Crippen LogP contribution in [0.5, 0.6) is 5.75 Å². The van der Waals surface area contributed by atoms with E-state index >= 15 is 0 Å². The Morgan fingerprint density at radius 1 is 1.23 bits per heavy atom. The number of amides is 3. The van der Waals surface area contributed by atoms with Crippen molar-refractivity contribution in [2.45, 2.75) is 13.5 Å². The standard InChI is InChI=1S/C16H15N3O3/c1-11-8-17-7-6-13(11)19-15(21)10-18(16(19)22)9-12-4-2-3-5-14(12)20/h2-8,20H,9-10H2,1H3. The fraction of sp³-hybridized carbons (Fsp3) is 0.188. The SMILES string of the molecule is Cc1cnccc1N1C(=O)CN(Cc2ccccc2O)C1=O. The maximum absolute atomic E-state index is 12.5. The summed E-state index contributed by atoms with van der Waals surface area (Å²) >= 11 is 0. The first-order chi connectivity index (χ1) is 10.6. The van der Waals surface area contributed by atoms with Crippen molar-refractivity contribution in [3.05, 3.63) is 53.9 Å². The highest BCUT2D eigenvalue weighted by molar-refractivity contribution is 6.20. The highest BCUT2D eigenvalue weighted by atomic mass is 16.3. The van der Waals surface area contributed by atoms with Crippen LogP contribution in [-0.2, 0) is 11.3 Å². The molecule has 1 aliphatic heterocycles. The highest BCUT2D eigenvalue weighted by Crippen LogP contribution is 2.26.